The summed E-state index contributed by atoms with van der Waals surface area (Å²) in [6, 6.07) is 6.78. The highest BCUT2D eigenvalue weighted by molar-refractivity contribution is 7.93. The molecule has 1 atom stereocenters. The average molecular weight is 489 g/mol. The van der Waals surface area contributed by atoms with Gasteiger partial charge in [-0.3, -0.25) is 14.4 Å². The molecule has 0 fully saturated rings. The molecule has 0 aliphatic carbocycles. The molecule has 4 aromatic rings. The second kappa shape index (κ2) is 9.43. The summed E-state index contributed by atoms with van der Waals surface area (Å²) >= 11 is 0. The highest BCUT2D eigenvalue weighted by atomic mass is 32.2. The van der Waals surface area contributed by atoms with Gasteiger partial charge in [-0.05, 0) is 25.1 Å². The van der Waals surface area contributed by atoms with E-state index in [1.54, 1.807) is 30.5 Å². The molecule has 1 aromatic carbocycles. The van der Waals surface area contributed by atoms with Crippen LogP contribution in [0.3, 0.4) is 0 Å². The molecule has 3 aromatic heterocycles. The Kier molecular flexibility index (Phi) is 6.40. The Morgan fingerprint density at radius 2 is 1.79 bits per heavy atom. The number of halogens is 1. The van der Waals surface area contributed by atoms with Crippen LogP contribution in [-0.2, 0) is 16.4 Å². The lowest BCUT2D eigenvalue weighted by atomic mass is 10.2. The molecule has 0 amide bonds. The van der Waals surface area contributed by atoms with Crippen molar-refractivity contribution in [3.8, 4) is 28.7 Å². The van der Waals surface area contributed by atoms with E-state index in [1.807, 2.05) is 0 Å². The fraction of sp³-hybridized carbons (Fsp3) is 0.250. The summed E-state index contributed by atoms with van der Waals surface area (Å²) in [5.74, 6) is 0.503. The van der Waals surface area contributed by atoms with Crippen LogP contribution in [0, 0.1) is 5.82 Å². The standard InChI is InChI=1S/C20H21FN8O4S/c1-12(9-17-22-10-13(21)11-23-17)34(30,31)28-20-27-26-19(14-7-8-24-25-14)29(20)18-15(32-2)5-4-6-16(18)33-3/h4-8,10-12H,9H2,1-3H3,(H,24,25)(H,27,28)/t12-/m1/s1. The fourth-order valence-corrected chi connectivity index (χ4v) is 4.16. The van der Waals surface area contributed by atoms with E-state index >= 15 is 0 Å². The number of methoxy groups -OCH3 is 2. The zero-order valence-electron chi connectivity index (χ0n) is 18.4. The van der Waals surface area contributed by atoms with E-state index in [4.69, 9.17) is 9.47 Å². The summed E-state index contributed by atoms with van der Waals surface area (Å²) in [4.78, 5) is 7.66. The second-order valence-electron chi connectivity index (χ2n) is 7.13. The molecule has 0 aliphatic heterocycles. The Bertz CT molecular complexity index is 1350. The van der Waals surface area contributed by atoms with E-state index in [9.17, 15) is 12.8 Å². The van der Waals surface area contributed by atoms with Crippen molar-refractivity contribution >= 4 is 16.0 Å². The molecular formula is C20H21FN8O4S. The zero-order chi connectivity index (χ0) is 24.3. The van der Waals surface area contributed by atoms with Crippen LogP contribution in [-0.4, -0.2) is 62.8 Å². The number of aromatic nitrogens is 7. The van der Waals surface area contributed by atoms with Crippen LogP contribution in [0.5, 0.6) is 11.5 Å². The smallest absolute Gasteiger partial charge is 0.243 e. The third-order valence-electron chi connectivity index (χ3n) is 4.93. The predicted octanol–water partition coefficient (Wildman–Crippen LogP) is 1.98. The molecule has 14 heteroatoms. The number of ether oxygens (including phenoxy) is 2. The van der Waals surface area contributed by atoms with Crippen molar-refractivity contribution in [2.75, 3.05) is 18.9 Å². The van der Waals surface area contributed by atoms with Gasteiger partial charge in [0.05, 0.1) is 31.9 Å². The van der Waals surface area contributed by atoms with Crippen LogP contribution in [0.25, 0.3) is 17.2 Å². The van der Waals surface area contributed by atoms with Crippen molar-refractivity contribution in [2.24, 2.45) is 0 Å². The summed E-state index contributed by atoms with van der Waals surface area (Å²) in [5, 5.41) is 14.1. The quantitative estimate of drug-likeness (QED) is 0.360. The molecule has 0 spiro atoms. The molecule has 2 N–H and O–H groups in total. The highest BCUT2D eigenvalue weighted by Gasteiger charge is 2.29. The van der Waals surface area contributed by atoms with E-state index < -0.39 is 21.1 Å². The number of anilines is 1. The van der Waals surface area contributed by atoms with Crippen molar-refractivity contribution in [1.29, 1.82) is 0 Å². The Morgan fingerprint density at radius 3 is 2.38 bits per heavy atom. The van der Waals surface area contributed by atoms with Gasteiger partial charge in [-0.15, -0.1) is 10.2 Å². The van der Waals surface area contributed by atoms with Gasteiger partial charge in [0.15, 0.2) is 11.6 Å². The highest BCUT2D eigenvalue weighted by Crippen LogP contribution is 2.37. The maximum absolute atomic E-state index is 13.2. The molecule has 0 radical (unpaired) electrons. The molecule has 0 aliphatic rings. The van der Waals surface area contributed by atoms with Crippen molar-refractivity contribution in [1.82, 2.24) is 34.9 Å². The van der Waals surface area contributed by atoms with Gasteiger partial charge in [-0.25, -0.2) is 22.8 Å². The Hall–Kier alpha value is -4.07. The first-order chi connectivity index (χ1) is 16.3. The van der Waals surface area contributed by atoms with Gasteiger partial charge in [0, 0.05) is 12.6 Å². The third kappa shape index (κ3) is 4.52. The van der Waals surface area contributed by atoms with E-state index in [-0.39, 0.29) is 24.0 Å². The SMILES string of the molecule is COc1cccc(OC)c1-n1c(NS(=O)(=O)[C@H](C)Cc2ncc(F)cn2)nnc1-c1cc[nH]n1. The fourth-order valence-electron chi connectivity index (χ4n) is 3.20. The number of benzene rings is 1. The summed E-state index contributed by atoms with van der Waals surface area (Å²) in [6.07, 6.45) is 3.52. The van der Waals surface area contributed by atoms with Gasteiger partial charge in [0.2, 0.25) is 16.0 Å². The van der Waals surface area contributed by atoms with Gasteiger partial charge in [0.25, 0.3) is 0 Å². The summed E-state index contributed by atoms with van der Waals surface area (Å²) in [5.41, 5.74) is 0.793. The maximum Gasteiger partial charge on any atom is 0.243 e. The van der Waals surface area contributed by atoms with E-state index in [0.717, 1.165) is 12.4 Å². The zero-order valence-corrected chi connectivity index (χ0v) is 19.2. The number of hydrogen-bond acceptors (Lipinski definition) is 9. The molecule has 3 heterocycles. The number of hydrogen-bond donors (Lipinski definition) is 2. The molecule has 4 rings (SSSR count). The van der Waals surface area contributed by atoms with Crippen LogP contribution < -0.4 is 14.2 Å². The normalized spacial score (nSPS) is 12.4. The maximum atomic E-state index is 13.2. The molecule has 0 bridgehead atoms. The van der Waals surface area contributed by atoms with Crippen molar-refractivity contribution < 1.29 is 22.3 Å². The molecular weight excluding hydrogens is 467 g/mol. The molecule has 12 nitrogen and oxygen atoms in total. The molecule has 0 saturated heterocycles. The van der Waals surface area contributed by atoms with Crippen molar-refractivity contribution in [3.05, 3.63) is 54.5 Å². The number of aromatic amines is 1. The van der Waals surface area contributed by atoms with Crippen molar-refractivity contribution in [3.63, 3.8) is 0 Å². The summed E-state index contributed by atoms with van der Waals surface area (Å²) in [7, 11) is -1.05. The van der Waals surface area contributed by atoms with Gasteiger partial charge < -0.3 is 9.47 Å². The van der Waals surface area contributed by atoms with Crippen LogP contribution in [0.2, 0.25) is 0 Å². The third-order valence-corrected chi connectivity index (χ3v) is 6.62. The van der Waals surface area contributed by atoms with Gasteiger partial charge in [-0.1, -0.05) is 6.07 Å². The lowest BCUT2D eigenvalue weighted by Crippen LogP contribution is -2.29. The molecule has 178 valence electrons. The van der Waals surface area contributed by atoms with Crippen LogP contribution in [0.4, 0.5) is 10.3 Å². The largest absolute Gasteiger partial charge is 0.494 e. The minimum absolute atomic E-state index is 0.0477. The van der Waals surface area contributed by atoms with Gasteiger partial charge >= 0.3 is 0 Å². The minimum atomic E-state index is -4.00. The number of para-hydroxylation sites is 1. The molecule has 34 heavy (non-hydrogen) atoms. The van der Waals surface area contributed by atoms with E-state index in [0.29, 0.717) is 22.9 Å². The van der Waals surface area contributed by atoms with Gasteiger partial charge in [0.1, 0.15) is 28.7 Å². The van der Waals surface area contributed by atoms with Crippen LogP contribution in [0.15, 0.2) is 42.9 Å². The summed E-state index contributed by atoms with van der Waals surface area (Å²) in [6.45, 7) is 1.48. The van der Waals surface area contributed by atoms with E-state index in [2.05, 4.69) is 35.1 Å². The topological polar surface area (TPSA) is 150 Å². The number of H-pyrrole nitrogens is 1. The molecule has 0 saturated carbocycles. The Morgan fingerprint density at radius 1 is 1.12 bits per heavy atom. The summed E-state index contributed by atoms with van der Waals surface area (Å²) < 4.78 is 54.3. The first-order valence-electron chi connectivity index (χ1n) is 9.99. The first kappa shape index (κ1) is 23.1. The minimum Gasteiger partial charge on any atom is -0.494 e. The number of sulfonamides is 1. The Balaban J connectivity index is 1.77. The Labute approximate surface area is 194 Å². The predicted molar refractivity (Wildman–Crippen MR) is 120 cm³/mol. The number of rotatable bonds is 9. The lowest BCUT2D eigenvalue weighted by molar-refractivity contribution is 0.391. The number of nitrogens with zero attached hydrogens (tertiary/aromatic N) is 6. The van der Waals surface area contributed by atoms with Gasteiger partial charge in [-0.2, -0.15) is 5.10 Å². The first-order valence-corrected chi connectivity index (χ1v) is 11.5. The average Bonchev–Trinajstić information content (AvgIpc) is 3.49. The second-order valence-corrected chi connectivity index (χ2v) is 9.23. The number of nitrogens with one attached hydrogen (secondary N) is 2. The van der Waals surface area contributed by atoms with E-state index in [1.165, 1.54) is 25.7 Å². The lowest BCUT2D eigenvalue weighted by Gasteiger charge is -2.18. The van der Waals surface area contributed by atoms with Crippen LogP contribution in [0.1, 0.15) is 12.7 Å². The van der Waals surface area contributed by atoms with Crippen molar-refractivity contribution in [2.45, 2.75) is 18.6 Å². The molecule has 0 unspecified atom stereocenters. The van der Waals surface area contributed by atoms with Crippen LogP contribution >= 0.6 is 0 Å². The monoisotopic (exact) mass is 488 g/mol.